The van der Waals surface area contributed by atoms with Gasteiger partial charge in [0.1, 0.15) is 17.2 Å². The third kappa shape index (κ3) is 4.36. The molecule has 1 aliphatic rings. The molecule has 2 unspecified atom stereocenters. The molecular weight excluding hydrogens is 252 g/mol. The Morgan fingerprint density at radius 2 is 2.16 bits per heavy atom. The van der Waals surface area contributed by atoms with Crippen LogP contribution >= 0.6 is 0 Å². The Hall–Kier alpha value is -1.34. The molecule has 0 aliphatic carbocycles. The average Bonchev–Trinajstić information content (AvgIpc) is 2.25. The van der Waals surface area contributed by atoms with Crippen molar-refractivity contribution in [3.63, 3.8) is 0 Å². The maximum absolute atomic E-state index is 11.5. The molecule has 0 aromatic heterocycles. The maximum Gasteiger partial charge on any atom is 0.407 e. The fourth-order valence-corrected chi connectivity index (χ4v) is 1.88. The molecule has 1 saturated heterocycles. The van der Waals surface area contributed by atoms with Crippen LogP contribution in [0, 0.1) is 0 Å². The first-order valence-corrected chi connectivity index (χ1v) is 6.26. The third-order valence-corrected chi connectivity index (χ3v) is 2.86. The molecule has 1 rings (SSSR count). The van der Waals surface area contributed by atoms with Gasteiger partial charge in [-0.2, -0.15) is 0 Å². The summed E-state index contributed by atoms with van der Waals surface area (Å²) in [7, 11) is 0. The Morgan fingerprint density at radius 3 is 2.68 bits per heavy atom. The predicted molar refractivity (Wildman–Crippen MR) is 67.8 cm³/mol. The van der Waals surface area contributed by atoms with Crippen molar-refractivity contribution in [1.82, 2.24) is 5.32 Å². The average molecular weight is 274 g/mol. The summed E-state index contributed by atoms with van der Waals surface area (Å²) in [6.45, 7) is 5.68. The van der Waals surface area contributed by atoms with E-state index in [1.165, 1.54) is 0 Å². The summed E-state index contributed by atoms with van der Waals surface area (Å²) < 4.78 is 10.4. The SMILES string of the molecule is CC(C)(C)OC(=O)NCC1OCCCC1(N)C(=O)O. The van der Waals surface area contributed by atoms with Crippen molar-refractivity contribution < 1.29 is 24.2 Å². The van der Waals surface area contributed by atoms with Crippen molar-refractivity contribution in [2.45, 2.75) is 50.9 Å². The molecule has 4 N–H and O–H groups in total. The molecule has 0 bridgehead atoms. The van der Waals surface area contributed by atoms with Gasteiger partial charge in [-0.25, -0.2) is 4.79 Å². The van der Waals surface area contributed by atoms with Gasteiger partial charge in [-0.05, 0) is 33.6 Å². The molecule has 0 saturated carbocycles. The fourth-order valence-electron chi connectivity index (χ4n) is 1.88. The highest BCUT2D eigenvalue weighted by atomic mass is 16.6. The van der Waals surface area contributed by atoms with Crippen LogP contribution in [0.3, 0.4) is 0 Å². The Kier molecular flexibility index (Phi) is 4.75. The lowest BCUT2D eigenvalue weighted by Gasteiger charge is -2.37. The topological polar surface area (TPSA) is 111 Å². The van der Waals surface area contributed by atoms with Crippen LogP contribution in [0.2, 0.25) is 0 Å². The number of hydrogen-bond acceptors (Lipinski definition) is 5. The van der Waals surface area contributed by atoms with E-state index in [0.29, 0.717) is 19.4 Å². The highest BCUT2D eigenvalue weighted by Crippen LogP contribution is 2.23. The maximum atomic E-state index is 11.5. The lowest BCUT2D eigenvalue weighted by molar-refractivity contribution is -0.154. The molecule has 0 aromatic rings. The van der Waals surface area contributed by atoms with Gasteiger partial charge in [0.15, 0.2) is 0 Å². The summed E-state index contributed by atoms with van der Waals surface area (Å²) >= 11 is 0. The van der Waals surface area contributed by atoms with Crippen LogP contribution in [-0.4, -0.2) is 47.6 Å². The lowest BCUT2D eigenvalue weighted by Crippen LogP contribution is -2.63. The molecular formula is C12H22N2O5. The van der Waals surface area contributed by atoms with Crippen LogP contribution in [0.25, 0.3) is 0 Å². The second-order valence-corrected chi connectivity index (χ2v) is 5.69. The van der Waals surface area contributed by atoms with Gasteiger partial charge in [0.05, 0.1) is 0 Å². The van der Waals surface area contributed by atoms with E-state index < -0.39 is 29.3 Å². The van der Waals surface area contributed by atoms with Crippen LogP contribution in [-0.2, 0) is 14.3 Å². The van der Waals surface area contributed by atoms with Crippen LogP contribution in [0.5, 0.6) is 0 Å². The minimum Gasteiger partial charge on any atom is -0.480 e. The van der Waals surface area contributed by atoms with Crippen molar-refractivity contribution in [1.29, 1.82) is 0 Å². The van der Waals surface area contributed by atoms with E-state index in [0.717, 1.165) is 0 Å². The Balaban J connectivity index is 2.55. The number of aliphatic carboxylic acids is 1. The number of carbonyl (C=O) groups excluding carboxylic acids is 1. The monoisotopic (exact) mass is 274 g/mol. The van der Waals surface area contributed by atoms with Crippen LogP contribution in [0.4, 0.5) is 4.79 Å². The van der Waals surface area contributed by atoms with Crippen LogP contribution in [0.15, 0.2) is 0 Å². The summed E-state index contributed by atoms with van der Waals surface area (Å²) in [4.78, 5) is 22.7. The molecule has 1 amide bonds. The highest BCUT2D eigenvalue weighted by molar-refractivity contribution is 5.79. The molecule has 0 radical (unpaired) electrons. The van der Waals surface area contributed by atoms with Gasteiger partial charge in [-0.3, -0.25) is 4.79 Å². The van der Waals surface area contributed by atoms with Gasteiger partial charge in [0.2, 0.25) is 0 Å². The van der Waals surface area contributed by atoms with Crippen LogP contribution in [0.1, 0.15) is 33.6 Å². The van der Waals surface area contributed by atoms with Gasteiger partial charge in [-0.15, -0.1) is 0 Å². The third-order valence-electron chi connectivity index (χ3n) is 2.86. The zero-order valence-corrected chi connectivity index (χ0v) is 11.6. The largest absolute Gasteiger partial charge is 0.480 e. The molecule has 1 fully saturated rings. The number of hydrogen-bond donors (Lipinski definition) is 3. The van der Waals surface area contributed by atoms with Crippen molar-refractivity contribution in [3.05, 3.63) is 0 Å². The Labute approximate surface area is 112 Å². The summed E-state index contributed by atoms with van der Waals surface area (Å²) in [6.07, 6.45) is -0.463. The van der Waals surface area contributed by atoms with Crippen molar-refractivity contribution in [2.24, 2.45) is 5.73 Å². The fraction of sp³-hybridized carbons (Fsp3) is 0.833. The summed E-state index contributed by atoms with van der Waals surface area (Å²) in [5, 5.41) is 11.7. The minimum atomic E-state index is -1.47. The van der Waals surface area contributed by atoms with E-state index in [1.807, 2.05) is 0 Å². The summed E-state index contributed by atoms with van der Waals surface area (Å²) in [5.41, 5.74) is 3.77. The summed E-state index contributed by atoms with van der Waals surface area (Å²) in [6, 6.07) is 0. The number of carbonyl (C=O) groups is 2. The number of nitrogens with two attached hydrogens (primary N) is 1. The molecule has 7 nitrogen and oxygen atoms in total. The van der Waals surface area contributed by atoms with E-state index >= 15 is 0 Å². The predicted octanol–water partition coefficient (Wildman–Crippen LogP) is 0.472. The lowest BCUT2D eigenvalue weighted by atomic mass is 9.86. The van der Waals surface area contributed by atoms with Crippen LogP contribution < -0.4 is 11.1 Å². The van der Waals surface area contributed by atoms with Crippen molar-refractivity contribution in [3.8, 4) is 0 Å². The molecule has 1 aliphatic heterocycles. The first-order chi connectivity index (χ1) is 8.65. The highest BCUT2D eigenvalue weighted by Gasteiger charge is 2.45. The number of ether oxygens (including phenoxy) is 2. The van der Waals surface area contributed by atoms with E-state index in [1.54, 1.807) is 20.8 Å². The van der Waals surface area contributed by atoms with Gasteiger partial charge in [-0.1, -0.05) is 0 Å². The van der Waals surface area contributed by atoms with Gasteiger partial charge >= 0.3 is 12.1 Å². The Bertz CT molecular complexity index is 353. The number of alkyl carbamates (subject to hydrolysis) is 1. The van der Waals surface area contributed by atoms with E-state index in [-0.39, 0.29) is 6.54 Å². The normalized spacial score (nSPS) is 27.7. The van der Waals surface area contributed by atoms with E-state index in [4.69, 9.17) is 15.2 Å². The second kappa shape index (κ2) is 5.75. The zero-order chi connectivity index (χ0) is 14.7. The minimum absolute atomic E-state index is 0.0116. The smallest absolute Gasteiger partial charge is 0.407 e. The second-order valence-electron chi connectivity index (χ2n) is 5.69. The van der Waals surface area contributed by atoms with Crippen molar-refractivity contribution in [2.75, 3.05) is 13.2 Å². The van der Waals surface area contributed by atoms with E-state index in [2.05, 4.69) is 5.32 Å². The number of carboxylic acid groups (broad SMARTS) is 1. The van der Waals surface area contributed by atoms with Gasteiger partial charge in [0, 0.05) is 13.2 Å². The Morgan fingerprint density at radius 1 is 1.53 bits per heavy atom. The molecule has 2 atom stereocenters. The number of amides is 1. The standard InChI is InChI=1S/C12H22N2O5/c1-11(2,3)19-10(17)14-7-8-12(13,9(15)16)5-4-6-18-8/h8H,4-7,13H2,1-3H3,(H,14,17)(H,15,16). The van der Waals surface area contributed by atoms with Crippen molar-refractivity contribution >= 4 is 12.1 Å². The molecule has 19 heavy (non-hydrogen) atoms. The molecule has 7 heteroatoms. The van der Waals surface area contributed by atoms with E-state index in [9.17, 15) is 14.7 Å². The molecule has 0 aromatic carbocycles. The molecule has 110 valence electrons. The molecule has 0 spiro atoms. The van der Waals surface area contributed by atoms with Gasteiger partial charge in [0.25, 0.3) is 0 Å². The number of carboxylic acids is 1. The zero-order valence-electron chi connectivity index (χ0n) is 11.6. The van der Waals surface area contributed by atoms with Gasteiger partial charge < -0.3 is 25.6 Å². The first-order valence-electron chi connectivity index (χ1n) is 6.26. The number of nitrogens with one attached hydrogen (secondary N) is 1. The molecule has 1 heterocycles. The first kappa shape index (κ1) is 15.7. The number of rotatable bonds is 3. The summed E-state index contributed by atoms with van der Waals surface area (Å²) in [5.74, 6) is -1.12. The quantitative estimate of drug-likeness (QED) is 0.690.